The van der Waals surface area contributed by atoms with Gasteiger partial charge < -0.3 is 10.2 Å². The molecule has 1 fully saturated rings. The van der Waals surface area contributed by atoms with Crippen LogP contribution in [0.3, 0.4) is 0 Å². The van der Waals surface area contributed by atoms with Crippen molar-refractivity contribution in [3.05, 3.63) is 35.4 Å². The molecule has 0 radical (unpaired) electrons. The molecule has 118 valence electrons. The molecule has 1 unspecified atom stereocenters. The summed E-state index contributed by atoms with van der Waals surface area (Å²) < 4.78 is 0. The summed E-state index contributed by atoms with van der Waals surface area (Å²) in [5.41, 5.74) is 2.77. The molecule has 1 aliphatic rings. The summed E-state index contributed by atoms with van der Waals surface area (Å²) in [6.07, 6.45) is 5.55. The number of hydrogen-bond donors (Lipinski definition) is 1. The van der Waals surface area contributed by atoms with Gasteiger partial charge >= 0.3 is 0 Å². The zero-order valence-electron chi connectivity index (χ0n) is 14.1. The molecule has 21 heavy (non-hydrogen) atoms. The van der Waals surface area contributed by atoms with Gasteiger partial charge in [0, 0.05) is 12.6 Å². The zero-order chi connectivity index (χ0) is 15.1. The largest absolute Gasteiger partial charge is 0.310 e. The minimum absolute atomic E-state index is 0.492. The molecule has 0 amide bonds. The van der Waals surface area contributed by atoms with Gasteiger partial charge in [0.2, 0.25) is 0 Å². The Kier molecular flexibility index (Phi) is 6.72. The Morgan fingerprint density at radius 2 is 1.90 bits per heavy atom. The van der Waals surface area contributed by atoms with Gasteiger partial charge in [-0.3, -0.25) is 0 Å². The molecule has 0 aromatic heterocycles. The number of benzene rings is 1. The van der Waals surface area contributed by atoms with E-state index in [1.54, 1.807) is 0 Å². The van der Waals surface area contributed by atoms with Gasteiger partial charge in [0.15, 0.2) is 0 Å². The van der Waals surface area contributed by atoms with E-state index >= 15 is 0 Å². The van der Waals surface area contributed by atoms with Crippen LogP contribution in [0.1, 0.15) is 56.7 Å². The third-order valence-corrected chi connectivity index (χ3v) is 4.85. The Labute approximate surface area is 130 Å². The molecule has 2 rings (SSSR count). The third kappa shape index (κ3) is 5.12. The molecule has 0 spiro atoms. The van der Waals surface area contributed by atoms with Crippen LogP contribution in [0.4, 0.5) is 0 Å². The van der Waals surface area contributed by atoms with E-state index in [0.717, 1.165) is 12.5 Å². The van der Waals surface area contributed by atoms with Crippen LogP contribution in [0.15, 0.2) is 24.3 Å². The molecule has 0 heterocycles. The van der Waals surface area contributed by atoms with Crippen molar-refractivity contribution < 1.29 is 0 Å². The van der Waals surface area contributed by atoms with Gasteiger partial charge in [0.05, 0.1) is 0 Å². The monoisotopic (exact) mass is 288 g/mol. The first-order valence-electron chi connectivity index (χ1n) is 8.75. The molecule has 0 aliphatic heterocycles. The lowest BCUT2D eigenvalue weighted by molar-refractivity contribution is 0.177. The first-order chi connectivity index (χ1) is 10.2. The number of rotatable bonds is 9. The molecular weight excluding hydrogens is 256 g/mol. The standard InChI is InChI=1S/C19H32N2/c1-4-20-19(18-11-9-16(3)10-12-18)13-14-21(5-2)15-17-7-6-8-17/h9-12,17,19-20H,4-8,13-15H2,1-3H3. The summed E-state index contributed by atoms with van der Waals surface area (Å²) in [6.45, 7) is 11.4. The maximum atomic E-state index is 3.65. The van der Waals surface area contributed by atoms with E-state index in [2.05, 4.69) is 55.3 Å². The van der Waals surface area contributed by atoms with E-state index in [0.29, 0.717) is 6.04 Å². The van der Waals surface area contributed by atoms with Gasteiger partial charge in [-0.2, -0.15) is 0 Å². The van der Waals surface area contributed by atoms with Crippen molar-refractivity contribution in [1.29, 1.82) is 0 Å². The first kappa shape index (κ1) is 16.5. The second kappa shape index (κ2) is 8.55. The smallest absolute Gasteiger partial charge is 0.0332 e. The first-order valence-corrected chi connectivity index (χ1v) is 8.75. The normalized spacial score (nSPS) is 17.0. The van der Waals surface area contributed by atoms with Gasteiger partial charge in [-0.1, -0.05) is 50.1 Å². The Morgan fingerprint density at radius 1 is 1.19 bits per heavy atom. The Bertz CT molecular complexity index is 395. The van der Waals surface area contributed by atoms with Crippen LogP contribution >= 0.6 is 0 Å². The molecule has 1 N–H and O–H groups in total. The minimum atomic E-state index is 0.492. The summed E-state index contributed by atoms with van der Waals surface area (Å²) in [6, 6.07) is 9.51. The molecular formula is C19H32N2. The lowest BCUT2D eigenvalue weighted by atomic mass is 9.85. The van der Waals surface area contributed by atoms with Crippen molar-refractivity contribution in [3.63, 3.8) is 0 Å². The predicted octanol–water partition coefficient (Wildman–Crippen LogP) is 4.16. The average molecular weight is 288 g/mol. The van der Waals surface area contributed by atoms with Crippen molar-refractivity contribution in [2.75, 3.05) is 26.2 Å². The molecule has 0 saturated heterocycles. The number of nitrogens with one attached hydrogen (secondary N) is 1. The highest BCUT2D eigenvalue weighted by Gasteiger charge is 2.20. The third-order valence-electron chi connectivity index (χ3n) is 4.85. The topological polar surface area (TPSA) is 15.3 Å². The van der Waals surface area contributed by atoms with Gasteiger partial charge in [-0.25, -0.2) is 0 Å². The van der Waals surface area contributed by atoms with Gasteiger partial charge in [-0.05, 0) is 57.3 Å². The van der Waals surface area contributed by atoms with Crippen LogP contribution in [0, 0.1) is 12.8 Å². The lowest BCUT2D eigenvalue weighted by Crippen LogP contribution is -2.35. The van der Waals surface area contributed by atoms with Crippen LogP contribution in [0.2, 0.25) is 0 Å². The summed E-state index contributed by atoms with van der Waals surface area (Å²) in [7, 11) is 0. The van der Waals surface area contributed by atoms with Gasteiger partial charge in [-0.15, -0.1) is 0 Å². The molecule has 1 aromatic carbocycles. The second-order valence-electron chi connectivity index (χ2n) is 6.50. The van der Waals surface area contributed by atoms with E-state index in [9.17, 15) is 0 Å². The quantitative estimate of drug-likeness (QED) is 0.734. The van der Waals surface area contributed by atoms with Crippen molar-refractivity contribution >= 4 is 0 Å². The van der Waals surface area contributed by atoms with E-state index < -0.39 is 0 Å². The van der Waals surface area contributed by atoms with Crippen molar-refractivity contribution in [2.45, 2.75) is 52.5 Å². The van der Waals surface area contributed by atoms with Crippen molar-refractivity contribution in [1.82, 2.24) is 10.2 Å². The molecule has 1 atom stereocenters. The number of hydrogen-bond acceptors (Lipinski definition) is 2. The molecule has 1 aliphatic carbocycles. The molecule has 0 bridgehead atoms. The Hall–Kier alpha value is -0.860. The van der Waals surface area contributed by atoms with E-state index in [4.69, 9.17) is 0 Å². The molecule has 2 nitrogen and oxygen atoms in total. The highest BCUT2D eigenvalue weighted by atomic mass is 15.1. The van der Waals surface area contributed by atoms with Crippen LogP contribution in [0.25, 0.3) is 0 Å². The van der Waals surface area contributed by atoms with Crippen LogP contribution in [-0.4, -0.2) is 31.1 Å². The fourth-order valence-corrected chi connectivity index (χ4v) is 3.16. The van der Waals surface area contributed by atoms with E-state index in [1.165, 1.54) is 56.4 Å². The number of nitrogens with zero attached hydrogens (tertiary/aromatic N) is 1. The predicted molar refractivity (Wildman–Crippen MR) is 91.7 cm³/mol. The fraction of sp³-hybridized carbons (Fsp3) is 0.684. The lowest BCUT2D eigenvalue weighted by Gasteiger charge is -2.32. The van der Waals surface area contributed by atoms with Crippen LogP contribution in [-0.2, 0) is 0 Å². The summed E-state index contributed by atoms with van der Waals surface area (Å²) in [5.74, 6) is 0.974. The fourth-order valence-electron chi connectivity index (χ4n) is 3.16. The summed E-state index contributed by atoms with van der Waals surface area (Å²) >= 11 is 0. The zero-order valence-corrected chi connectivity index (χ0v) is 14.1. The Morgan fingerprint density at radius 3 is 2.43 bits per heavy atom. The SMILES string of the molecule is CCNC(CCN(CC)CC1CCC1)c1ccc(C)cc1. The minimum Gasteiger partial charge on any atom is -0.310 e. The second-order valence-corrected chi connectivity index (χ2v) is 6.50. The Balaban J connectivity index is 1.87. The van der Waals surface area contributed by atoms with E-state index in [1.807, 2.05) is 0 Å². The maximum absolute atomic E-state index is 3.65. The highest BCUT2D eigenvalue weighted by molar-refractivity contribution is 5.24. The summed E-state index contributed by atoms with van der Waals surface area (Å²) in [5, 5.41) is 3.65. The molecule has 2 heteroatoms. The van der Waals surface area contributed by atoms with Gasteiger partial charge in [0.25, 0.3) is 0 Å². The average Bonchev–Trinajstić information content (AvgIpc) is 2.45. The van der Waals surface area contributed by atoms with Crippen LogP contribution in [0.5, 0.6) is 0 Å². The van der Waals surface area contributed by atoms with Crippen molar-refractivity contribution in [2.24, 2.45) is 5.92 Å². The molecule has 1 aromatic rings. The maximum Gasteiger partial charge on any atom is 0.0332 e. The molecule has 1 saturated carbocycles. The van der Waals surface area contributed by atoms with E-state index in [-0.39, 0.29) is 0 Å². The number of aryl methyl sites for hydroxylation is 1. The summed E-state index contributed by atoms with van der Waals surface area (Å²) in [4.78, 5) is 2.64. The van der Waals surface area contributed by atoms with Crippen molar-refractivity contribution in [3.8, 4) is 0 Å². The highest BCUT2D eigenvalue weighted by Crippen LogP contribution is 2.27. The van der Waals surface area contributed by atoms with Gasteiger partial charge in [0.1, 0.15) is 0 Å². The van der Waals surface area contributed by atoms with Crippen LogP contribution < -0.4 is 5.32 Å².